The van der Waals surface area contributed by atoms with E-state index in [1.54, 1.807) is 27.7 Å². The van der Waals surface area contributed by atoms with Crippen LogP contribution in [0.2, 0.25) is 10.0 Å². The highest BCUT2D eigenvalue weighted by molar-refractivity contribution is 6.42. The van der Waals surface area contributed by atoms with Crippen molar-refractivity contribution < 1.29 is 9.32 Å². The molecule has 2 aromatic carbocycles. The molecule has 0 aliphatic carbocycles. The Hall–Kier alpha value is -3.62. The molecule has 0 unspecified atom stereocenters. The number of hydrogen-bond acceptors (Lipinski definition) is 6. The fourth-order valence-corrected chi connectivity index (χ4v) is 4.89. The van der Waals surface area contributed by atoms with E-state index in [2.05, 4.69) is 10.5 Å². The molecule has 1 aliphatic rings. The third kappa shape index (κ3) is 4.93. The van der Waals surface area contributed by atoms with Gasteiger partial charge in [0.25, 0.3) is 11.5 Å². The average molecular weight is 552 g/mol. The lowest BCUT2D eigenvalue weighted by Crippen LogP contribution is -2.46. The summed E-state index contributed by atoms with van der Waals surface area (Å²) in [5.74, 6) is 0.888. The average Bonchev–Trinajstić information content (AvgIpc) is 3.32. The van der Waals surface area contributed by atoms with Crippen molar-refractivity contribution >= 4 is 35.1 Å². The second kappa shape index (κ2) is 10.3. The van der Waals surface area contributed by atoms with Gasteiger partial charge in [-0.3, -0.25) is 9.59 Å². The molecule has 1 N–H and O–H groups in total. The number of nitrogens with one attached hydrogen (secondary N) is 1. The molecule has 38 heavy (non-hydrogen) atoms. The number of carbonyl (C=O) groups excluding carboxylic acids is 1. The molecule has 1 atom stereocenters. The normalized spacial score (nSPS) is 15.0. The molecule has 0 spiro atoms. The van der Waals surface area contributed by atoms with Gasteiger partial charge in [-0.05, 0) is 76.6 Å². The molecule has 1 aliphatic heterocycles. The molecule has 4 aromatic rings. The lowest BCUT2D eigenvalue weighted by molar-refractivity contribution is 0.0653. The van der Waals surface area contributed by atoms with Gasteiger partial charge in [0, 0.05) is 34.8 Å². The maximum Gasteiger partial charge on any atom is 0.263 e. The van der Waals surface area contributed by atoms with Crippen molar-refractivity contribution in [1.29, 1.82) is 0 Å². The Morgan fingerprint density at radius 2 is 1.84 bits per heavy atom. The van der Waals surface area contributed by atoms with Crippen LogP contribution >= 0.6 is 23.2 Å². The molecule has 3 heterocycles. The number of anilines is 1. The van der Waals surface area contributed by atoms with Crippen LogP contribution in [-0.2, 0) is 13.0 Å². The molecule has 0 fully saturated rings. The fraction of sp³-hybridized carbons (Fsp3) is 0.286. The first-order chi connectivity index (χ1) is 18.1. The summed E-state index contributed by atoms with van der Waals surface area (Å²) in [7, 11) is 0. The summed E-state index contributed by atoms with van der Waals surface area (Å²) in [5, 5.41) is 7.95. The molecule has 2 aromatic heterocycles. The number of benzene rings is 2. The van der Waals surface area contributed by atoms with Crippen molar-refractivity contribution in [1.82, 2.24) is 19.6 Å². The Morgan fingerprint density at radius 3 is 2.47 bits per heavy atom. The van der Waals surface area contributed by atoms with Gasteiger partial charge in [-0.2, -0.15) is 0 Å². The second-order valence-electron chi connectivity index (χ2n) is 9.79. The van der Waals surface area contributed by atoms with Crippen molar-refractivity contribution in [2.45, 2.75) is 52.7 Å². The minimum Gasteiger partial charge on any atom is -0.356 e. The molecule has 1 amide bonds. The first-order valence-electron chi connectivity index (χ1n) is 12.3. The molecule has 0 bridgehead atoms. The molecule has 5 rings (SSSR count). The van der Waals surface area contributed by atoms with Crippen molar-refractivity contribution in [3.05, 3.63) is 91.4 Å². The van der Waals surface area contributed by atoms with Crippen molar-refractivity contribution in [3.8, 4) is 17.0 Å². The van der Waals surface area contributed by atoms with Crippen LogP contribution < -0.4 is 10.9 Å². The summed E-state index contributed by atoms with van der Waals surface area (Å²) < 4.78 is 6.96. The monoisotopic (exact) mass is 551 g/mol. The quantitative estimate of drug-likeness (QED) is 0.331. The Labute approximate surface area is 230 Å². The van der Waals surface area contributed by atoms with E-state index in [1.165, 1.54) is 0 Å². The lowest BCUT2D eigenvalue weighted by atomic mass is 9.98. The highest BCUT2D eigenvalue weighted by Gasteiger charge is 2.32. The molecule has 8 nitrogen and oxygen atoms in total. The number of amides is 1. The first-order valence-corrected chi connectivity index (χ1v) is 13.1. The van der Waals surface area contributed by atoms with Crippen LogP contribution in [0.25, 0.3) is 17.0 Å². The third-order valence-electron chi connectivity index (χ3n) is 6.50. The van der Waals surface area contributed by atoms with Crippen LogP contribution in [-0.4, -0.2) is 37.6 Å². The zero-order valence-electron chi connectivity index (χ0n) is 21.5. The summed E-state index contributed by atoms with van der Waals surface area (Å²) in [6, 6.07) is 14.0. The van der Waals surface area contributed by atoms with Crippen LogP contribution in [0.4, 0.5) is 5.95 Å². The largest absolute Gasteiger partial charge is 0.356 e. The van der Waals surface area contributed by atoms with Crippen LogP contribution in [0.5, 0.6) is 0 Å². The topological polar surface area (TPSA) is 93.3 Å². The van der Waals surface area contributed by atoms with E-state index in [-0.39, 0.29) is 30.1 Å². The Morgan fingerprint density at radius 1 is 1.11 bits per heavy atom. The lowest BCUT2D eigenvalue weighted by Gasteiger charge is -2.34. The SMILES string of the molecule is Cc1cc(-c2ccc(-n3c(NC(C)C)nc4c(c3=O)C[C@@H](C)N(C(=O)c3ccc(Cl)c(Cl)c3)C4)cc2)on1. The zero-order valence-corrected chi connectivity index (χ0v) is 23.0. The molecule has 10 heteroatoms. The van der Waals surface area contributed by atoms with Crippen molar-refractivity contribution in [2.24, 2.45) is 0 Å². The zero-order chi connectivity index (χ0) is 27.1. The van der Waals surface area contributed by atoms with Gasteiger partial charge in [0.1, 0.15) is 0 Å². The van der Waals surface area contributed by atoms with Gasteiger partial charge in [-0.1, -0.05) is 28.4 Å². The van der Waals surface area contributed by atoms with Gasteiger partial charge in [0.05, 0.1) is 33.7 Å². The van der Waals surface area contributed by atoms with Crippen molar-refractivity contribution in [2.75, 3.05) is 5.32 Å². The predicted octanol–water partition coefficient (Wildman–Crippen LogP) is 5.91. The van der Waals surface area contributed by atoms with Gasteiger partial charge in [-0.15, -0.1) is 0 Å². The van der Waals surface area contributed by atoms with Gasteiger partial charge in [0.2, 0.25) is 5.95 Å². The van der Waals surface area contributed by atoms with Gasteiger partial charge >= 0.3 is 0 Å². The van der Waals surface area contributed by atoms with E-state index in [0.717, 1.165) is 11.3 Å². The number of rotatable bonds is 5. The second-order valence-corrected chi connectivity index (χ2v) is 10.6. The summed E-state index contributed by atoms with van der Waals surface area (Å²) in [5.41, 5.74) is 3.78. The predicted molar refractivity (Wildman–Crippen MR) is 148 cm³/mol. The van der Waals surface area contributed by atoms with E-state index in [1.807, 2.05) is 58.0 Å². The van der Waals surface area contributed by atoms with Crippen LogP contribution in [0.15, 0.2) is 57.8 Å². The van der Waals surface area contributed by atoms with Gasteiger partial charge in [-0.25, -0.2) is 9.55 Å². The summed E-state index contributed by atoms with van der Waals surface area (Å²) in [4.78, 5) is 33.8. The smallest absolute Gasteiger partial charge is 0.263 e. The number of carbonyl (C=O) groups is 1. The number of hydrogen-bond donors (Lipinski definition) is 1. The Bertz CT molecular complexity index is 1580. The number of nitrogens with zero attached hydrogens (tertiary/aromatic N) is 4. The highest BCUT2D eigenvalue weighted by atomic mass is 35.5. The van der Waals surface area contributed by atoms with Gasteiger partial charge in [0.15, 0.2) is 5.76 Å². The standard InChI is InChI=1S/C28H27Cl2N5O3/c1-15(2)31-28-32-24-14-34(26(36)19-7-10-22(29)23(30)13-19)17(4)12-21(24)27(37)35(28)20-8-5-18(6-9-20)25-11-16(3)33-38-25/h5-11,13,15,17H,12,14H2,1-4H3,(H,31,32)/t17-/m1/s1. The van der Waals surface area contributed by atoms with E-state index >= 15 is 0 Å². The minimum absolute atomic E-state index is 0.0269. The number of halogens is 2. The molecular weight excluding hydrogens is 525 g/mol. The minimum atomic E-state index is -0.214. The maximum atomic E-state index is 13.9. The van der Waals surface area contributed by atoms with Crippen LogP contribution in [0.3, 0.4) is 0 Å². The molecule has 0 saturated carbocycles. The highest BCUT2D eigenvalue weighted by Crippen LogP contribution is 2.28. The molecule has 0 radical (unpaired) electrons. The van der Waals surface area contributed by atoms with E-state index < -0.39 is 0 Å². The fourth-order valence-electron chi connectivity index (χ4n) is 4.59. The van der Waals surface area contributed by atoms with E-state index in [9.17, 15) is 9.59 Å². The first kappa shape index (κ1) is 26.0. The summed E-state index contributed by atoms with van der Waals surface area (Å²) >= 11 is 12.2. The molecule has 196 valence electrons. The summed E-state index contributed by atoms with van der Waals surface area (Å²) in [6.07, 6.45) is 0.381. The van der Waals surface area contributed by atoms with Crippen molar-refractivity contribution in [3.63, 3.8) is 0 Å². The van der Waals surface area contributed by atoms with Crippen LogP contribution in [0, 0.1) is 6.92 Å². The van der Waals surface area contributed by atoms with E-state index in [4.69, 9.17) is 32.7 Å². The van der Waals surface area contributed by atoms with Crippen LogP contribution in [0.1, 0.15) is 48.1 Å². The summed E-state index contributed by atoms with van der Waals surface area (Å²) in [6.45, 7) is 7.96. The van der Waals surface area contributed by atoms with E-state index in [0.29, 0.717) is 50.7 Å². The van der Waals surface area contributed by atoms with Gasteiger partial charge < -0.3 is 14.7 Å². The third-order valence-corrected chi connectivity index (χ3v) is 7.24. The number of fused-ring (bicyclic) bond motifs is 1. The number of aromatic nitrogens is 3. The molecule has 0 saturated heterocycles. The Balaban J connectivity index is 1.53. The maximum absolute atomic E-state index is 13.9. The Kier molecular flexibility index (Phi) is 7.03. The number of aryl methyl sites for hydroxylation is 1. The molecular formula is C28H27Cl2N5O3.